The molecule has 0 aromatic heterocycles. The minimum Gasteiger partial charge on any atom is -0.326 e. The third-order valence-electron chi connectivity index (χ3n) is 5.37. The number of carbonyl (C=O) groups excluding carboxylic acids is 2. The molecule has 1 heterocycles. The van der Waals surface area contributed by atoms with Crippen LogP contribution in [0, 0.1) is 0 Å². The highest BCUT2D eigenvalue weighted by atomic mass is 16.2. The summed E-state index contributed by atoms with van der Waals surface area (Å²) in [7, 11) is 0. The molecule has 3 rings (SSSR count). The number of amides is 2. The summed E-state index contributed by atoms with van der Waals surface area (Å²) in [6, 6.07) is 16.1. The Balaban J connectivity index is 1.40. The number of anilines is 2. The highest BCUT2D eigenvalue weighted by Gasteiger charge is 2.19. The van der Waals surface area contributed by atoms with Crippen LogP contribution in [0.3, 0.4) is 0 Å². The van der Waals surface area contributed by atoms with Gasteiger partial charge in [0.2, 0.25) is 11.8 Å². The lowest BCUT2D eigenvalue weighted by Crippen LogP contribution is -2.48. The van der Waals surface area contributed by atoms with Crippen LogP contribution in [0.15, 0.2) is 48.5 Å². The number of nitrogens with one attached hydrogen (secondary N) is 2. The molecule has 1 aliphatic heterocycles. The normalized spacial score (nSPS) is 15.2. The Kier molecular flexibility index (Phi) is 7.60. The molecular formula is C24H32N4O2. The third kappa shape index (κ3) is 6.68. The predicted molar refractivity (Wildman–Crippen MR) is 122 cm³/mol. The summed E-state index contributed by atoms with van der Waals surface area (Å²) in [5.41, 5.74) is 4.17. The smallest absolute Gasteiger partial charge is 0.238 e. The lowest BCUT2D eigenvalue weighted by molar-refractivity contribution is -0.117. The Labute approximate surface area is 179 Å². The van der Waals surface area contributed by atoms with Crippen LogP contribution in [0.2, 0.25) is 0 Å². The molecule has 0 aliphatic carbocycles. The van der Waals surface area contributed by atoms with E-state index in [9.17, 15) is 9.59 Å². The average molecular weight is 409 g/mol. The molecule has 2 N–H and O–H groups in total. The van der Waals surface area contributed by atoms with Gasteiger partial charge >= 0.3 is 0 Å². The van der Waals surface area contributed by atoms with Crippen molar-refractivity contribution in [3.63, 3.8) is 0 Å². The van der Waals surface area contributed by atoms with Crippen LogP contribution in [-0.2, 0) is 16.1 Å². The zero-order chi connectivity index (χ0) is 21.5. The average Bonchev–Trinajstić information content (AvgIpc) is 2.71. The third-order valence-corrected chi connectivity index (χ3v) is 5.37. The van der Waals surface area contributed by atoms with E-state index in [0.29, 0.717) is 12.5 Å². The van der Waals surface area contributed by atoms with Crippen LogP contribution in [0.4, 0.5) is 11.4 Å². The molecule has 0 bridgehead atoms. The molecule has 0 atom stereocenters. The standard InChI is InChI=1S/C24H32N4O2/c1-18(2)21-6-4-20(5-7-21)16-27-12-14-28(15-13-27)17-24(30)26-23-10-8-22(9-11-23)25-19(3)29/h4-11,18H,12-17H2,1-3H3,(H,25,29)(H,26,30). The molecule has 1 fully saturated rings. The lowest BCUT2D eigenvalue weighted by atomic mass is 10.0. The van der Waals surface area contributed by atoms with Crippen molar-refractivity contribution in [1.29, 1.82) is 0 Å². The fourth-order valence-corrected chi connectivity index (χ4v) is 3.62. The van der Waals surface area contributed by atoms with E-state index in [1.54, 1.807) is 24.3 Å². The molecule has 0 radical (unpaired) electrons. The topological polar surface area (TPSA) is 64.7 Å². The first-order chi connectivity index (χ1) is 14.4. The number of hydrogen-bond donors (Lipinski definition) is 2. The minimum atomic E-state index is -0.112. The molecule has 2 aromatic carbocycles. The molecule has 0 saturated carbocycles. The molecule has 0 spiro atoms. The number of piperazine rings is 1. The van der Waals surface area contributed by atoms with Crippen molar-refractivity contribution in [1.82, 2.24) is 9.80 Å². The lowest BCUT2D eigenvalue weighted by Gasteiger charge is -2.34. The molecule has 6 nitrogen and oxygen atoms in total. The number of carbonyl (C=O) groups is 2. The summed E-state index contributed by atoms with van der Waals surface area (Å²) < 4.78 is 0. The molecule has 0 unspecified atom stereocenters. The van der Waals surface area contributed by atoms with E-state index in [2.05, 4.69) is 58.5 Å². The Morgan fingerprint density at radius 1 is 0.833 bits per heavy atom. The fourth-order valence-electron chi connectivity index (χ4n) is 3.62. The molecule has 160 valence electrons. The number of nitrogens with zero attached hydrogens (tertiary/aromatic N) is 2. The van der Waals surface area contributed by atoms with Crippen LogP contribution in [0.5, 0.6) is 0 Å². The van der Waals surface area contributed by atoms with Crippen molar-refractivity contribution in [2.75, 3.05) is 43.4 Å². The molecular weight excluding hydrogens is 376 g/mol. The molecule has 2 aromatic rings. The maximum Gasteiger partial charge on any atom is 0.238 e. The van der Waals surface area contributed by atoms with Gasteiger partial charge in [-0.1, -0.05) is 38.1 Å². The van der Waals surface area contributed by atoms with E-state index in [1.165, 1.54) is 18.1 Å². The van der Waals surface area contributed by atoms with Crippen molar-refractivity contribution in [2.45, 2.75) is 33.2 Å². The summed E-state index contributed by atoms with van der Waals surface area (Å²) in [5, 5.41) is 5.64. The highest BCUT2D eigenvalue weighted by molar-refractivity contribution is 5.93. The Bertz CT molecular complexity index is 839. The van der Waals surface area contributed by atoms with Crippen molar-refractivity contribution < 1.29 is 9.59 Å². The van der Waals surface area contributed by atoms with E-state index in [-0.39, 0.29) is 11.8 Å². The van der Waals surface area contributed by atoms with Gasteiger partial charge in [-0.05, 0) is 41.3 Å². The monoisotopic (exact) mass is 408 g/mol. The summed E-state index contributed by atoms with van der Waals surface area (Å²) in [6.45, 7) is 10.9. The first-order valence-corrected chi connectivity index (χ1v) is 10.6. The predicted octanol–water partition coefficient (Wildman–Crippen LogP) is 3.52. The molecule has 1 aliphatic rings. The van der Waals surface area contributed by atoms with E-state index in [1.807, 2.05) is 0 Å². The van der Waals surface area contributed by atoms with Crippen LogP contribution in [0.25, 0.3) is 0 Å². The van der Waals surface area contributed by atoms with Gasteiger partial charge in [0.05, 0.1) is 6.54 Å². The maximum atomic E-state index is 12.4. The van der Waals surface area contributed by atoms with Gasteiger partial charge in [-0.25, -0.2) is 0 Å². The zero-order valence-electron chi connectivity index (χ0n) is 18.1. The van der Waals surface area contributed by atoms with Crippen molar-refractivity contribution in [3.05, 3.63) is 59.7 Å². The number of rotatable bonds is 7. The molecule has 30 heavy (non-hydrogen) atoms. The van der Waals surface area contributed by atoms with Gasteiger partial charge in [0, 0.05) is 51.0 Å². The largest absolute Gasteiger partial charge is 0.326 e. The minimum absolute atomic E-state index is 0.0139. The first kappa shape index (κ1) is 22.0. The van der Waals surface area contributed by atoms with Gasteiger partial charge in [0.15, 0.2) is 0 Å². The molecule has 2 amide bonds. The second-order valence-electron chi connectivity index (χ2n) is 8.26. The molecule has 1 saturated heterocycles. The zero-order valence-corrected chi connectivity index (χ0v) is 18.1. The van der Waals surface area contributed by atoms with Gasteiger partial charge < -0.3 is 10.6 Å². The summed E-state index contributed by atoms with van der Waals surface area (Å²) in [5.74, 6) is 0.433. The van der Waals surface area contributed by atoms with Crippen molar-refractivity contribution in [2.24, 2.45) is 0 Å². The fraction of sp³-hybridized carbons (Fsp3) is 0.417. The Hall–Kier alpha value is -2.70. The highest BCUT2D eigenvalue weighted by Crippen LogP contribution is 2.17. The maximum absolute atomic E-state index is 12.4. The number of hydrogen-bond acceptors (Lipinski definition) is 4. The SMILES string of the molecule is CC(=O)Nc1ccc(NC(=O)CN2CCN(Cc3ccc(C(C)C)cc3)CC2)cc1. The summed E-state index contributed by atoms with van der Waals surface area (Å²) in [4.78, 5) is 28.1. The second-order valence-corrected chi connectivity index (χ2v) is 8.26. The van der Waals surface area contributed by atoms with Gasteiger partial charge in [0.1, 0.15) is 0 Å². The second kappa shape index (κ2) is 10.4. The van der Waals surface area contributed by atoms with E-state index < -0.39 is 0 Å². The van der Waals surface area contributed by atoms with Crippen LogP contribution in [0.1, 0.15) is 37.8 Å². The van der Waals surface area contributed by atoms with Gasteiger partial charge in [-0.15, -0.1) is 0 Å². The van der Waals surface area contributed by atoms with E-state index in [4.69, 9.17) is 0 Å². The summed E-state index contributed by atoms with van der Waals surface area (Å²) >= 11 is 0. The van der Waals surface area contributed by atoms with Crippen molar-refractivity contribution >= 4 is 23.2 Å². The number of benzene rings is 2. The van der Waals surface area contributed by atoms with Crippen molar-refractivity contribution in [3.8, 4) is 0 Å². The van der Waals surface area contributed by atoms with E-state index in [0.717, 1.165) is 44.1 Å². The quantitative estimate of drug-likeness (QED) is 0.736. The van der Waals surface area contributed by atoms with Gasteiger partial charge in [-0.2, -0.15) is 0 Å². The van der Waals surface area contributed by atoms with Crippen LogP contribution in [-0.4, -0.2) is 54.3 Å². The Morgan fingerprint density at radius 3 is 1.90 bits per heavy atom. The first-order valence-electron chi connectivity index (χ1n) is 10.6. The van der Waals surface area contributed by atoms with Gasteiger partial charge in [-0.3, -0.25) is 19.4 Å². The Morgan fingerprint density at radius 2 is 1.37 bits per heavy atom. The van der Waals surface area contributed by atoms with E-state index >= 15 is 0 Å². The molecule has 6 heteroatoms. The summed E-state index contributed by atoms with van der Waals surface area (Å²) in [6.07, 6.45) is 0. The van der Waals surface area contributed by atoms with Gasteiger partial charge in [0.25, 0.3) is 0 Å². The van der Waals surface area contributed by atoms with Crippen LogP contribution >= 0.6 is 0 Å². The van der Waals surface area contributed by atoms with Crippen LogP contribution < -0.4 is 10.6 Å².